The molecule has 1 aromatic carbocycles. The van der Waals surface area contributed by atoms with E-state index in [4.69, 9.17) is 16.3 Å². The number of halogens is 4. The summed E-state index contributed by atoms with van der Waals surface area (Å²) in [6, 6.07) is 4.32. The van der Waals surface area contributed by atoms with Crippen LogP contribution in [0.4, 0.5) is 24.7 Å². The van der Waals surface area contributed by atoms with Crippen LogP contribution in [-0.4, -0.2) is 29.0 Å². The molecule has 0 saturated heterocycles. The van der Waals surface area contributed by atoms with Crippen molar-refractivity contribution in [2.45, 2.75) is 36.7 Å². The van der Waals surface area contributed by atoms with Crippen molar-refractivity contribution in [2.75, 3.05) is 18.2 Å². The van der Waals surface area contributed by atoms with Gasteiger partial charge in [0.25, 0.3) is 0 Å². The van der Waals surface area contributed by atoms with Crippen molar-refractivity contribution in [3.05, 3.63) is 40.5 Å². The first-order valence-electron chi connectivity index (χ1n) is 8.02. The third-order valence-corrected chi connectivity index (χ3v) is 4.96. The molecule has 1 N–H and O–H groups in total. The monoisotopic (exact) mass is 403 g/mol. The van der Waals surface area contributed by atoms with Gasteiger partial charge < -0.3 is 10.1 Å². The predicted molar refractivity (Wildman–Crippen MR) is 96.2 cm³/mol. The van der Waals surface area contributed by atoms with Crippen LogP contribution in [0.25, 0.3) is 0 Å². The second kappa shape index (κ2) is 7.25. The van der Waals surface area contributed by atoms with E-state index in [1.807, 2.05) is 6.92 Å². The number of hydrogen-bond donors (Lipinski definition) is 1. The Kier molecular flexibility index (Phi) is 5.37. The molecule has 26 heavy (non-hydrogen) atoms. The quantitative estimate of drug-likeness (QED) is 0.404. The van der Waals surface area contributed by atoms with Crippen molar-refractivity contribution in [2.24, 2.45) is 0 Å². The van der Waals surface area contributed by atoms with Gasteiger partial charge in [-0.2, -0.15) is 13.2 Å². The van der Waals surface area contributed by atoms with Gasteiger partial charge in [0.2, 0.25) is 5.60 Å². The van der Waals surface area contributed by atoms with Gasteiger partial charge in [0.1, 0.15) is 5.82 Å². The number of fused-ring (bicyclic) bond motifs is 2. The Balaban J connectivity index is 2.28. The Morgan fingerprint density at radius 1 is 1.31 bits per heavy atom. The molecule has 0 fully saturated rings. The molecule has 4 nitrogen and oxygen atoms in total. The molecule has 9 heteroatoms. The molecular formula is C17H17ClF3N3OS. The van der Waals surface area contributed by atoms with Gasteiger partial charge in [0.15, 0.2) is 5.16 Å². The number of nitrogens with one attached hydrogen (secondary N) is 1. The van der Waals surface area contributed by atoms with Crippen LogP contribution in [0, 0.1) is 0 Å². The number of unbranched alkanes of at least 4 members (excludes halogenated alkanes) is 1. The number of anilines is 2. The molecule has 1 unspecified atom stereocenters. The third-order valence-electron chi connectivity index (χ3n) is 4.16. The first kappa shape index (κ1) is 19.3. The summed E-state index contributed by atoms with van der Waals surface area (Å²) in [4.78, 5) is 8.26. The Labute approximate surface area is 158 Å². The molecule has 1 aliphatic heterocycles. The highest BCUT2D eigenvalue weighted by Gasteiger charge is 2.62. The maximum absolute atomic E-state index is 14.4. The number of benzene rings is 1. The lowest BCUT2D eigenvalue weighted by Crippen LogP contribution is -2.48. The lowest BCUT2D eigenvalue weighted by Gasteiger charge is -2.41. The summed E-state index contributed by atoms with van der Waals surface area (Å²) in [6.07, 6.45) is -0.567. The molecule has 2 heterocycles. The van der Waals surface area contributed by atoms with Gasteiger partial charge in [0, 0.05) is 29.1 Å². The standard InChI is InChI=1S/C17H17ClF3N3OS/c1-3-4-7-25-16(17(19,20)21)11-8-10(18)5-6-13(11)23-14-12(16)9-22-15(24-14)26-2/h5-6,8-9H,3-4,7H2,1-2H3,(H,22,23,24). The van der Waals surface area contributed by atoms with E-state index in [-0.39, 0.29) is 34.3 Å². The second-order valence-electron chi connectivity index (χ2n) is 5.81. The van der Waals surface area contributed by atoms with Crippen molar-refractivity contribution >= 4 is 34.9 Å². The molecule has 1 aliphatic rings. The summed E-state index contributed by atoms with van der Waals surface area (Å²) >= 11 is 7.25. The van der Waals surface area contributed by atoms with Crippen LogP contribution in [0.15, 0.2) is 29.6 Å². The fourth-order valence-corrected chi connectivity index (χ4v) is 3.43. The Morgan fingerprint density at radius 3 is 2.73 bits per heavy atom. The number of ether oxygens (including phenoxy) is 1. The minimum absolute atomic E-state index is 0.0499. The molecule has 3 rings (SSSR count). The second-order valence-corrected chi connectivity index (χ2v) is 7.02. The summed E-state index contributed by atoms with van der Waals surface area (Å²) in [6.45, 7) is 1.84. The smallest absolute Gasteiger partial charge is 0.356 e. The van der Waals surface area contributed by atoms with Gasteiger partial charge >= 0.3 is 6.18 Å². The Bertz CT molecular complexity index is 818. The maximum Gasteiger partial charge on any atom is 0.426 e. The van der Waals surface area contributed by atoms with Gasteiger partial charge in [-0.05, 0) is 30.9 Å². The fourth-order valence-electron chi connectivity index (χ4n) is 2.92. The van der Waals surface area contributed by atoms with E-state index < -0.39 is 11.8 Å². The summed E-state index contributed by atoms with van der Waals surface area (Å²) in [5.41, 5.74) is -2.64. The first-order chi connectivity index (χ1) is 12.3. The number of hydrogen-bond acceptors (Lipinski definition) is 5. The van der Waals surface area contributed by atoms with Crippen LogP contribution in [0.1, 0.15) is 30.9 Å². The summed E-state index contributed by atoms with van der Waals surface area (Å²) in [5, 5.41) is 3.53. The highest BCUT2D eigenvalue weighted by atomic mass is 35.5. The van der Waals surface area contributed by atoms with E-state index in [1.54, 1.807) is 6.26 Å². The number of rotatable bonds is 5. The molecule has 2 aromatic rings. The summed E-state index contributed by atoms with van der Waals surface area (Å²) < 4.78 is 48.9. The van der Waals surface area contributed by atoms with E-state index in [0.29, 0.717) is 18.0 Å². The minimum atomic E-state index is -4.72. The van der Waals surface area contributed by atoms with Crippen LogP contribution in [-0.2, 0) is 10.3 Å². The highest BCUT2D eigenvalue weighted by molar-refractivity contribution is 7.98. The van der Waals surface area contributed by atoms with Crippen LogP contribution in [0.5, 0.6) is 0 Å². The largest absolute Gasteiger partial charge is 0.426 e. The molecule has 1 aromatic heterocycles. The SMILES string of the molecule is CCCCOC1(C(F)(F)F)c2cc(Cl)ccc2Nc2nc(SC)ncc21. The van der Waals surface area contributed by atoms with Gasteiger partial charge in [-0.25, -0.2) is 9.97 Å². The lowest BCUT2D eigenvalue weighted by atomic mass is 9.82. The lowest BCUT2D eigenvalue weighted by molar-refractivity contribution is -0.267. The molecule has 0 aliphatic carbocycles. The van der Waals surface area contributed by atoms with E-state index >= 15 is 0 Å². The van der Waals surface area contributed by atoms with E-state index in [9.17, 15) is 13.2 Å². The predicted octanol–water partition coefficient (Wildman–Crippen LogP) is 5.53. The molecule has 0 bridgehead atoms. The van der Waals surface area contributed by atoms with Gasteiger partial charge in [0.05, 0.1) is 5.56 Å². The average molecular weight is 404 g/mol. The van der Waals surface area contributed by atoms with Crippen molar-refractivity contribution < 1.29 is 17.9 Å². The van der Waals surface area contributed by atoms with E-state index in [0.717, 1.165) is 0 Å². The molecule has 0 saturated carbocycles. The highest BCUT2D eigenvalue weighted by Crippen LogP contribution is 2.54. The molecule has 0 radical (unpaired) electrons. The minimum Gasteiger partial charge on any atom is -0.356 e. The first-order valence-corrected chi connectivity index (χ1v) is 9.63. The summed E-state index contributed by atoms with van der Waals surface area (Å²) in [7, 11) is 0. The van der Waals surface area contributed by atoms with Gasteiger partial charge in [-0.3, -0.25) is 0 Å². The summed E-state index contributed by atoms with van der Waals surface area (Å²) in [5.74, 6) is 0.0907. The van der Waals surface area contributed by atoms with Crippen molar-refractivity contribution in [3.63, 3.8) is 0 Å². The molecule has 0 amide bonds. The van der Waals surface area contributed by atoms with Crippen molar-refractivity contribution in [1.29, 1.82) is 0 Å². The number of aromatic nitrogens is 2. The van der Waals surface area contributed by atoms with E-state index in [1.165, 1.54) is 36.2 Å². The fraction of sp³-hybridized carbons (Fsp3) is 0.412. The van der Waals surface area contributed by atoms with Crippen LogP contribution in [0.3, 0.4) is 0 Å². The number of alkyl halides is 3. The maximum atomic E-state index is 14.4. The van der Waals surface area contributed by atoms with Gasteiger partial charge in [-0.15, -0.1) is 0 Å². The van der Waals surface area contributed by atoms with Crippen LogP contribution < -0.4 is 5.32 Å². The van der Waals surface area contributed by atoms with Crippen LogP contribution >= 0.6 is 23.4 Å². The Hall–Kier alpha value is -1.51. The average Bonchev–Trinajstić information content (AvgIpc) is 2.60. The number of thioether (sulfide) groups is 1. The topological polar surface area (TPSA) is 47.0 Å². The van der Waals surface area contributed by atoms with Crippen LogP contribution in [0.2, 0.25) is 5.02 Å². The molecular weight excluding hydrogens is 387 g/mol. The molecule has 1 atom stereocenters. The van der Waals surface area contributed by atoms with Crippen molar-refractivity contribution in [1.82, 2.24) is 9.97 Å². The zero-order chi connectivity index (χ0) is 18.9. The zero-order valence-corrected chi connectivity index (χ0v) is 15.7. The molecule has 0 spiro atoms. The van der Waals surface area contributed by atoms with Gasteiger partial charge in [-0.1, -0.05) is 36.7 Å². The Morgan fingerprint density at radius 2 is 2.08 bits per heavy atom. The molecule has 140 valence electrons. The zero-order valence-electron chi connectivity index (χ0n) is 14.2. The third kappa shape index (κ3) is 3.14. The number of nitrogens with zero attached hydrogens (tertiary/aromatic N) is 2. The van der Waals surface area contributed by atoms with E-state index in [2.05, 4.69) is 15.3 Å². The van der Waals surface area contributed by atoms with Crippen molar-refractivity contribution in [3.8, 4) is 0 Å². The normalized spacial score (nSPS) is 18.8.